The van der Waals surface area contributed by atoms with Crippen LogP contribution in [0.4, 0.5) is 0 Å². The lowest BCUT2D eigenvalue weighted by atomic mass is 10.00. The van der Waals surface area contributed by atoms with Gasteiger partial charge in [0.15, 0.2) is 0 Å². The van der Waals surface area contributed by atoms with Crippen molar-refractivity contribution in [3.63, 3.8) is 0 Å². The summed E-state index contributed by atoms with van der Waals surface area (Å²) in [7, 11) is 2.15. The standard InChI is InChI=1S/C6H16BIN2/c1-4(2)9-6(8)10-5(3)7/h4-6,9-10H,7H2,1-3H3. The number of hydrogen-bond acceptors (Lipinski definition) is 2. The van der Waals surface area contributed by atoms with E-state index in [1.165, 1.54) is 0 Å². The van der Waals surface area contributed by atoms with E-state index in [-0.39, 0.29) is 0 Å². The van der Waals surface area contributed by atoms with Crippen molar-refractivity contribution in [3.05, 3.63) is 0 Å². The molecule has 0 spiro atoms. The smallest absolute Gasteiger partial charge is 0.123 e. The highest BCUT2D eigenvalue weighted by Crippen LogP contribution is 1.93. The molecule has 10 heavy (non-hydrogen) atoms. The third-order valence-electron chi connectivity index (χ3n) is 0.959. The minimum atomic E-state index is 0.387. The Morgan fingerprint density at radius 3 is 2.00 bits per heavy atom. The first-order chi connectivity index (χ1) is 4.52. The van der Waals surface area contributed by atoms with E-state index in [9.17, 15) is 0 Å². The fraction of sp³-hybridized carbons (Fsp3) is 1.00. The third-order valence-corrected chi connectivity index (χ3v) is 1.68. The summed E-state index contributed by atoms with van der Waals surface area (Å²) in [6, 6.07) is 0.549. The molecule has 2 N–H and O–H groups in total. The maximum atomic E-state index is 3.35. The predicted octanol–water partition coefficient (Wildman–Crippen LogP) is 0.272. The Hall–Kier alpha value is 0.715. The van der Waals surface area contributed by atoms with Crippen LogP contribution in [0.5, 0.6) is 0 Å². The number of hydrogen-bond donors (Lipinski definition) is 2. The molecular weight excluding hydrogens is 238 g/mol. The van der Waals surface area contributed by atoms with E-state index < -0.39 is 0 Å². The second-order valence-corrected chi connectivity index (χ2v) is 4.25. The highest BCUT2D eigenvalue weighted by Gasteiger charge is 2.04. The highest BCUT2D eigenvalue weighted by atomic mass is 127. The average Bonchev–Trinajstić information content (AvgIpc) is 1.58. The minimum absolute atomic E-state index is 0.387. The van der Waals surface area contributed by atoms with Crippen molar-refractivity contribution in [2.75, 3.05) is 0 Å². The van der Waals surface area contributed by atoms with Crippen LogP contribution in [-0.4, -0.2) is 24.0 Å². The molecule has 0 aromatic rings. The first-order valence-corrected chi connectivity index (χ1v) is 4.93. The molecule has 0 aromatic carbocycles. The Morgan fingerprint density at radius 1 is 1.20 bits per heavy atom. The van der Waals surface area contributed by atoms with Gasteiger partial charge in [-0.15, -0.1) is 0 Å². The molecule has 2 atom stereocenters. The van der Waals surface area contributed by atoms with Crippen molar-refractivity contribution in [1.82, 2.24) is 10.6 Å². The predicted molar refractivity (Wildman–Crippen MR) is 57.2 cm³/mol. The van der Waals surface area contributed by atoms with Crippen molar-refractivity contribution in [3.8, 4) is 0 Å². The molecule has 0 aliphatic rings. The van der Waals surface area contributed by atoms with Gasteiger partial charge in [-0.2, -0.15) is 0 Å². The Labute approximate surface area is 78.1 Å². The molecule has 0 amide bonds. The zero-order chi connectivity index (χ0) is 8.15. The van der Waals surface area contributed by atoms with Gasteiger partial charge in [0.2, 0.25) is 0 Å². The van der Waals surface area contributed by atoms with Gasteiger partial charge in [-0.1, -0.05) is 6.92 Å². The molecule has 0 rings (SSSR count). The number of halogens is 1. The van der Waals surface area contributed by atoms with Gasteiger partial charge < -0.3 is 0 Å². The van der Waals surface area contributed by atoms with Crippen LogP contribution >= 0.6 is 22.6 Å². The summed E-state index contributed by atoms with van der Waals surface area (Å²) in [4.78, 5) is 0. The summed E-state index contributed by atoms with van der Waals surface area (Å²) in [6.45, 7) is 6.44. The van der Waals surface area contributed by atoms with E-state index in [0.717, 1.165) is 0 Å². The van der Waals surface area contributed by atoms with Gasteiger partial charge in [0.1, 0.15) is 12.0 Å². The SMILES string of the molecule is BC(C)NC(I)NC(C)C. The number of nitrogens with one attached hydrogen (secondary N) is 2. The second-order valence-electron chi connectivity index (χ2n) is 3.01. The molecule has 0 bridgehead atoms. The second kappa shape index (κ2) is 5.38. The normalized spacial score (nSPS) is 17.3. The number of rotatable bonds is 4. The molecule has 0 fully saturated rings. The van der Waals surface area contributed by atoms with Gasteiger partial charge in [0.25, 0.3) is 0 Å². The van der Waals surface area contributed by atoms with E-state index >= 15 is 0 Å². The van der Waals surface area contributed by atoms with Crippen LogP contribution in [0.3, 0.4) is 0 Å². The Balaban J connectivity index is 3.34. The molecule has 0 heterocycles. The van der Waals surface area contributed by atoms with E-state index in [1.54, 1.807) is 0 Å². The molecule has 2 nitrogen and oxygen atoms in total. The molecule has 0 saturated carbocycles. The van der Waals surface area contributed by atoms with Crippen molar-refractivity contribution in [1.29, 1.82) is 0 Å². The van der Waals surface area contributed by atoms with Gasteiger partial charge in [0.05, 0.1) is 0 Å². The monoisotopic (exact) mass is 254 g/mol. The zero-order valence-electron chi connectivity index (χ0n) is 7.11. The van der Waals surface area contributed by atoms with Crippen molar-refractivity contribution >= 4 is 30.4 Å². The maximum absolute atomic E-state index is 3.35. The largest absolute Gasteiger partial charge is 0.299 e. The van der Waals surface area contributed by atoms with Crippen LogP contribution in [-0.2, 0) is 0 Å². The van der Waals surface area contributed by atoms with Crippen LogP contribution < -0.4 is 10.6 Å². The van der Waals surface area contributed by atoms with Gasteiger partial charge in [-0.25, -0.2) is 0 Å². The maximum Gasteiger partial charge on any atom is 0.123 e. The van der Waals surface area contributed by atoms with Crippen molar-refractivity contribution < 1.29 is 0 Å². The Morgan fingerprint density at radius 2 is 1.70 bits per heavy atom. The first kappa shape index (κ1) is 10.7. The topological polar surface area (TPSA) is 24.1 Å². The molecular formula is C6H16BIN2. The van der Waals surface area contributed by atoms with E-state index in [1.807, 2.05) is 0 Å². The van der Waals surface area contributed by atoms with Crippen LogP contribution in [0.25, 0.3) is 0 Å². The zero-order valence-corrected chi connectivity index (χ0v) is 9.27. The molecule has 4 heteroatoms. The van der Waals surface area contributed by atoms with E-state index in [2.05, 4.69) is 61.8 Å². The Bertz CT molecular complexity index is 77.8. The van der Waals surface area contributed by atoms with Crippen LogP contribution in [0.2, 0.25) is 0 Å². The summed E-state index contributed by atoms with van der Waals surface area (Å²) < 4.78 is 0.387. The summed E-state index contributed by atoms with van der Waals surface area (Å²) >= 11 is 2.35. The van der Waals surface area contributed by atoms with Gasteiger partial charge in [-0.3, -0.25) is 10.6 Å². The fourth-order valence-electron chi connectivity index (χ4n) is 0.633. The van der Waals surface area contributed by atoms with Crippen LogP contribution in [0, 0.1) is 0 Å². The Kier molecular flexibility index (Phi) is 5.76. The fourth-order valence-corrected chi connectivity index (χ4v) is 2.07. The third kappa shape index (κ3) is 6.83. The molecule has 0 aromatic heterocycles. The lowest BCUT2D eigenvalue weighted by molar-refractivity contribution is 0.505. The number of alkyl halides is 1. The first-order valence-electron chi connectivity index (χ1n) is 3.68. The van der Waals surface area contributed by atoms with Gasteiger partial charge >= 0.3 is 0 Å². The minimum Gasteiger partial charge on any atom is -0.299 e. The molecule has 2 unspecified atom stereocenters. The van der Waals surface area contributed by atoms with Crippen molar-refractivity contribution in [2.24, 2.45) is 0 Å². The van der Waals surface area contributed by atoms with Crippen LogP contribution in [0.15, 0.2) is 0 Å². The highest BCUT2D eigenvalue weighted by molar-refractivity contribution is 14.1. The summed E-state index contributed by atoms with van der Waals surface area (Å²) in [5, 5.41) is 6.70. The average molecular weight is 254 g/mol. The van der Waals surface area contributed by atoms with Crippen LogP contribution in [0.1, 0.15) is 20.8 Å². The van der Waals surface area contributed by atoms with E-state index in [4.69, 9.17) is 0 Å². The molecule has 0 radical (unpaired) electrons. The quantitative estimate of drug-likeness (QED) is 0.247. The molecule has 0 aliphatic heterocycles. The molecule has 60 valence electrons. The molecule has 0 saturated heterocycles. The van der Waals surface area contributed by atoms with E-state index in [0.29, 0.717) is 16.2 Å². The summed E-state index contributed by atoms with van der Waals surface area (Å²) in [6.07, 6.45) is 0. The van der Waals surface area contributed by atoms with Gasteiger partial charge in [0, 0.05) is 6.04 Å². The lowest BCUT2D eigenvalue weighted by Gasteiger charge is -2.18. The summed E-state index contributed by atoms with van der Waals surface area (Å²) in [5.41, 5.74) is 0. The summed E-state index contributed by atoms with van der Waals surface area (Å²) in [5.74, 6) is 0.549. The van der Waals surface area contributed by atoms with Gasteiger partial charge in [-0.05, 0) is 42.4 Å². The lowest BCUT2D eigenvalue weighted by Crippen LogP contribution is -2.44. The van der Waals surface area contributed by atoms with Crippen molar-refractivity contribution in [2.45, 2.75) is 36.9 Å². The molecule has 0 aliphatic carbocycles.